The molecule has 6 aromatic rings. The van der Waals surface area contributed by atoms with Crippen LogP contribution in [0.1, 0.15) is 0 Å². The van der Waals surface area contributed by atoms with Crippen LogP contribution < -0.4 is 5.73 Å². The quantitative estimate of drug-likeness (QED) is 0.0386. The predicted octanol–water partition coefficient (Wildman–Crippen LogP) is 9.96. The van der Waals surface area contributed by atoms with Gasteiger partial charge in [-0.1, -0.05) is 12.1 Å². The molecule has 0 bridgehead atoms. The highest BCUT2D eigenvalue weighted by Crippen LogP contribution is 2.55. The Morgan fingerprint density at radius 2 is 1.08 bits per heavy atom. The molecule has 0 amide bonds. The summed E-state index contributed by atoms with van der Waals surface area (Å²) in [6.45, 7) is 0. The van der Waals surface area contributed by atoms with Crippen LogP contribution in [-0.4, -0.2) is 64.2 Å². The van der Waals surface area contributed by atoms with Gasteiger partial charge in [-0.2, -0.15) is 8.42 Å². The van der Waals surface area contributed by atoms with Crippen molar-refractivity contribution in [3.05, 3.63) is 78.9 Å². The minimum Gasteiger partial charge on any atom is -0.507 e. The van der Waals surface area contributed by atoms with Gasteiger partial charge in [0, 0.05) is 21.8 Å². The minimum atomic E-state index is -4.79. The van der Waals surface area contributed by atoms with Crippen LogP contribution in [-0.2, 0) is 10.1 Å². The molecule has 0 unspecified atom stereocenters. The van der Waals surface area contributed by atoms with E-state index in [1.165, 1.54) is 36.4 Å². The normalized spacial score (nSPS) is 14.2. The molecule has 0 aliphatic heterocycles. The Labute approximate surface area is 302 Å². The summed E-state index contributed by atoms with van der Waals surface area (Å²) in [5.41, 5.74) is 5.06. The van der Waals surface area contributed by atoms with Crippen LogP contribution >= 0.6 is 32.6 Å². The Morgan fingerprint density at radius 1 is 0.491 bits per heavy atom. The summed E-state index contributed by atoms with van der Waals surface area (Å²) >= 11 is 0. The standard InChI is InChI=1S/C30H27N5O14S4/c31-16-2-1-14-9-27(53(47,48)49)29(30(37)21(14)10-16)35-33-24-6-5-23(20-4-3-17(11-22(20)24)50(38,39)40)32-34-25-12-18(51(41,42)43)7-15-8-19(52(44,45)46)13-26(36)28(15)25/h1-13,36-37,41-49H,31H2,(H,38,39,40). The van der Waals surface area contributed by atoms with E-state index in [1.54, 1.807) is 0 Å². The lowest BCUT2D eigenvalue weighted by molar-refractivity contribution is 0.373. The molecule has 0 aromatic heterocycles. The summed E-state index contributed by atoms with van der Waals surface area (Å²) in [5, 5.41) is 38.2. The fraction of sp³-hybridized carbons (Fsp3) is 0. The second kappa shape index (κ2) is 13.3. The van der Waals surface area contributed by atoms with Crippen molar-refractivity contribution in [2.75, 3.05) is 5.73 Å². The number of nitrogen functional groups attached to an aromatic ring is 1. The van der Waals surface area contributed by atoms with Gasteiger partial charge in [-0.15, -0.1) is 20.5 Å². The van der Waals surface area contributed by atoms with Crippen LogP contribution in [0.4, 0.5) is 28.4 Å². The highest BCUT2D eigenvalue weighted by atomic mass is 32.3. The minimum absolute atomic E-state index is 0.0232. The van der Waals surface area contributed by atoms with Crippen molar-refractivity contribution in [3.63, 3.8) is 0 Å². The van der Waals surface area contributed by atoms with Gasteiger partial charge in [-0.3, -0.25) is 4.55 Å². The van der Waals surface area contributed by atoms with Crippen LogP contribution in [0.25, 0.3) is 32.3 Å². The van der Waals surface area contributed by atoms with Gasteiger partial charge < -0.3 is 56.9 Å². The summed E-state index contributed by atoms with van der Waals surface area (Å²) in [4.78, 5) is -2.26. The second-order valence-electron chi connectivity index (χ2n) is 11.3. The Kier molecular flexibility index (Phi) is 9.55. The lowest BCUT2D eigenvalue weighted by Gasteiger charge is -2.22. The fourth-order valence-electron chi connectivity index (χ4n) is 5.32. The third-order valence-electron chi connectivity index (χ3n) is 7.72. The number of rotatable bonds is 8. The molecule has 0 aliphatic carbocycles. The molecule has 53 heavy (non-hydrogen) atoms. The average molecular weight is 810 g/mol. The molecule has 0 aliphatic rings. The number of hydrogen-bond acceptors (Lipinski definition) is 18. The maximum absolute atomic E-state index is 12.1. The molecule has 23 heteroatoms. The SMILES string of the molecule is Nc1ccc2cc(S(O)(O)O)c(N=Nc3ccc(N=Nc4cc(S(O)(O)O)cc5cc(S(O)(O)O)cc(O)c45)c4ccc(S(=O)(=O)O)cc34)c(O)c2c1. The summed E-state index contributed by atoms with van der Waals surface area (Å²) < 4.78 is 123. The van der Waals surface area contributed by atoms with E-state index in [0.29, 0.717) is 0 Å². The van der Waals surface area contributed by atoms with Crippen molar-refractivity contribution in [1.29, 1.82) is 0 Å². The van der Waals surface area contributed by atoms with Gasteiger partial charge in [0.1, 0.15) is 44.0 Å². The summed E-state index contributed by atoms with van der Waals surface area (Å²) in [6.07, 6.45) is 0. The Morgan fingerprint density at radius 3 is 1.68 bits per heavy atom. The van der Waals surface area contributed by atoms with E-state index in [4.69, 9.17) is 5.73 Å². The first-order valence-electron chi connectivity index (χ1n) is 14.3. The number of benzene rings is 6. The molecule has 0 spiro atoms. The molecule has 6 aromatic carbocycles. The molecule has 14 N–H and O–H groups in total. The Balaban J connectivity index is 1.54. The summed E-state index contributed by atoms with van der Waals surface area (Å²) in [5.74, 6) is -1.29. The van der Waals surface area contributed by atoms with Crippen LogP contribution in [0.15, 0.2) is 119 Å². The van der Waals surface area contributed by atoms with Crippen molar-refractivity contribution in [3.8, 4) is 11.5 Å². The molecule has 0 saturated carbocycles. The largest absolute Gasteiger partial charge is 0.507 e. The van der Waals surface area contributed by atoms with Crippen molar-refractivity contribution in [2.24, 2.45) is 20.5 Å². The smallest absolute Gasteiger partial charge is 0.294 e. The predicted molar refractivity (Wildman–Crippen MR) is 199 cm³/mol. The van der Waals surface area contributed by atoms with Crippen LogP contribution in [0.5, 0.6) is 11.5 Å². The second-order valence-corrected chi connectivity index (χ2v) is 17.2. The van der Waals surface area contributed by atoms with Crippen LogP contribution in [0.2, 0.25) is 0 Å². The lowest BCUT2D eigenvalue weighted by Crippen LogP contribution is -1.98. The van der Waals surface area contributed by atoms with E-state index in [0.717, 1.165) is 42.5 Å². The first kappa shape index (κ1) is 38.0. The number of phenols is 2. The zero-order valence-corrected chi connectivity index (χ0v) is 29.5. The van der Waals surface area contributed by atoms with E-state index in [2.05, 4.69) is 20.5 Å². The zero-order chi connectivity index (χ0) is 38.8. The monoisotopic (exact) mass is 809 g/mol. The number of hydrogen-bond donors (Lipinski definition) is 13. The number of anilines is 1. The topological polar surface area (TPSA) is 352 Å². The van der Waals surface area contributed by atoms with Crippen molar-refractivity contribution < 1.29 is 64.2 Å². The van der Waals surface area contributed by atoms with Crippen molar-refractivity contribution in [2.45, 2.75) is 19.6 Å². The molecule has 6 rings (SSSR count). The molecular formula is C30H27N5O14S4. The molecule has 0 radical (unpaired) electrons. The molecule has 0 atom stereocenters. The fourth-order valence-corrected chi connectivity index (χ4v) is 7.62. The number of nitrogens with zero attached hydrogens (tertiary/aromatic N) is 4. The highest BCUT2D eigenvalue weighted by Gasteiger charge is 2.26. The van der Waals surface area contributed by atoms with Gasteiger partial charge in [-0.25, -0.2) is 0 Å². The molecule has 0 saturated heterocycles. The maximum atomic E-state index is 12.1. The van der Waals surface area contributed by atoms with Gasteiger partial charge in [0.15, 0.2) is 5.75 Å². The summed E-state index contributed by atoms with van der Waals surface area (Å²) in [6, 6.07) is 15.0. The van der Waals surface area contributed by atoms with Crippen LogP contribution in [0, 0.1) is 0 Å². The van der Waals surface area contributed by atoms with E-state index < -0.39 is 79.5 Å². The maximum Gasteiger partial charge on any atom is 0.294 e. The first-order valence-corrected chi connectivity index (χ1v) is 20.2. The van der Waals surface area contributed by atoms with E-state index >= 15 is 0 Å². The van der Waals surface area contributed by atoms with E-state index in [-0.39, 0.29) is 55.1 Å². The molecule has 19 nitrogen and oxygen atoms in total. The third kappa shape index (κ3) is 7.70. The molecular weight excluding hydrogens is 783 g/mol. The van der Waals surface area contributed by atoms with Crippen molar-refractivity contribution in [1.82, 2.24) is 0 Å². The highest BCUT2D eigenvalue weighted by molar-refractivity contribution is 8.20. The first-order chi connectivity index (χ1) is 24.5. The molecule has 280 valence electrons. The molecule has 0 heterocycles. The van der Waals surface area contributed by atoms with Gasteiger partial charge in [-0.05, 0) is 77.5 Å². The Bertz CT molecular complexity index is 2650. The number of aromatic hydroxyl groups is 2. The van der Waals surface area contributed by atoms with E-state index in [1.807, 2.05) is 0 Å². The number of nitrogens with two attached hydrogens (primary N) is 1. The lowest BCUT2D eigenvalue weighted by atomic mass is 10.1. The number of phenolic OH excluding ortho intramolecular Hbond substituents is 2. The van der Waals surface area contributed by atoms with Crippen molar-refractivity contribution >= 4 is 103 Å². The Hall–Kier alpha value is -4.70. The van der Waals surface area contributed by atoms with Crippen LogP contribution in [0.3, 0.4) is 0 Å². The van der Waals surface area contributed by atoms with Gasteiger partial charge in [0.25, 0.3) is 10.1 Å². The van der Waals surface area contributed by atoms with Gasteiger partial charge in [0.2, 0.25) is 0 Å². The number of azo groups is 2. The number of fused-ring (bicyclic) bond motifs is 3. The van der Waals surface area contributed by atoms with Gasteiger partial charge >= 0.3 is 0 Å². The molecule has 0 fully saturated rings. The average Bonchev–Trinajstić information content (AvgIpc) is 3.05. The zero-order valence-electron chi connectivity index (χ0n) is 26.2. The third-order valence-corrected chi connectivity index (χ3v) is 11.2. The van der Waals surface area contributed by atoms with E-state index in [9.17, 15) is 64.2 Å². The van der Waals surface area contributed by atoms with Gasteiger partial charge in [0.05, 0.1) is 42.0 Å². The summed E-state index contributed by atoms with van der Waals surface area (Å²) in [7, 11) is -18.1.